The van der Waals surface area contributed by atoms with Crippen LogP contribution in [0.4, 0.5) is 0 Å². The number of nitrogens with zero attached hydrogens (tertiary/aromatic N) is 2. The molecule has 2 heteroatoms. The van der Waals surface area contributed by atoms with E-state index in [1.165, 1.54) is 97.7 Å². The SMILES string of the molecule is c1ccc2c(c1)cc1c3ccc4ccccc4c3n3c4cc5c(cc4c2c13)c1cccc2c3ccccc3n5c21. The number of benzene rings is 7. The van der Waals surface area contributed by atoms with Crippen LogP contribution in [-0.2, 0) is 0 Å². The standard InChI is InChI=1S/C38H20N2/c1-4-11-24-21(8-1)16-17-28-30-18-22-9-2-3-10-23(22)35-31-19-29-27-14-7-13-26-25-12-5-6-15-32(25)39(37(26)27)33(29)20-34(31)40(36(24)28)38(30)35/h1-20H. The van der Waals surface area contributed by atoms with Crippen LogP contribution in [0, 0.1) is 0 Å². The molecule has 11 aromatic rings. The lowest BCUT2D eigenvalue weighted by Crippen LogP contribution is -1.85. The zero-order valence-electron chi connectivity index (χ0n) is 21.4. The molecule has 11 rings (SSSR count). The molecule has 0 fully saturated rings. The summed E-state index contributed by atoms with van der Waals surface area (Å²) in [6.45, 7) is 0. The molecule has 0 unspecified atom stereocenters. The average molecular weight is 505 g/mol. The van der Waals surface area contributed by atoms with Crippen molar-refractivity contribution in [2.24, 2.45) is 0 Å². The Morgan fingerprint density at radius 3 is 1.85 bits per heavy atom. The molecule has 0 spiro atoms. The molecule has 0 atom stereocenters. The maximum absolute atomic E-state index is 2.57. The van der Waals surface area contributed by atoms with Crippen molar-refractivity contribution in [1.82, 2.24) is 8.80 Å². The third-order valence-electron chi connectivity index (χ3n) is 9.51. The minimum atomic E-state index is 1.28. The van der Waals surface area contributed by atoms with Gasteiger partial charge in [0.15, 0.2) is 0 Å². The lowest BCUT2D eigenvalue weighted by atomic mass is 9.98. The van der Waals surface area contributed by atoms with Gasteiger partial charge in [-0.05, 0) is 40.4 Å². The van der Waals surface area contributed by atoms with Crippen LogP contribution in [0.25, 0.3) is 97.7 Å². The predicted molar refractivity (Wildman–Crippen MR) is 171 cm³/mol. The van der Waals surface area contributed by atoms with E-state index in [2.05, 4.69) is 130 Å². The molecule has 182 valence electrons. The Morgan fingerprint density at radius 1 is 0.300 bits per heavy atom. The molecule has 4 aromatic heterocycles. The van der Waals surface area contributed by atoms with Gasteiger partial charge in [-0.15, -0.1) is 0 Å². The molecular weight excluding hydrogens is 484 g/mol. The van der Waals surface area contributed by atoms with Crippen molar-refractivity contribution < 1.29 is 0 Å². The molecule has 0 radical (unpaired) electrons. The van der Waals surface area contributed by atoms with Gasteiger partial charge in [0.1, 0.15) is 0 Å². The smallest absolute Gasteiger partial charge is 0.0627 e. The van der Waals surface area contributed by atoms with Crippen LogP contribution in [0.3, 0.4) is 0 Å². The van der Waals surface area contributed by atoms with Crippen molar-refractivity contribution >= 4 is 97.7 Å². The summed E-state index contributed by atoms with van der Waals surface area (Å²) in [5, 5.41) is 15.8. The Labute approximate surface area is 227 Å². The third-order valence-corrected chi connectivity index (χ3v) is 9.51. The Morgan fingerprint density at radius 2 is 0.950 bits per heavy atom. The van der Waals surface area contributed by atoms with Crippen LogP contribution < -0.4 is 0 Å². The third kappa shape index (κ3) is 2.04. The summed E-state index contributed by atoms with van der Waals surface area (Å²) >= 11 is 0. The van der Waals surface area contributed by atoms with E-state index in [1.807, 2.05) is 0 Å². The molecule has 0 amide bonds. The van der Waals surface area contributed by atoms with Crippen molar-refractivity contribution in [3.8, 4) is 0 Å². The van der Waals surface area contributed by atoms with Crippen molar-refractivity contribution in [2.75, 3.05) is 0 Å². The minimum absolute atomic E-state index is 1.28. The van der Waals surface area contributed by atoms with Gasteiger partial charge in [-0.3, -0.25) is 0 Å². The highest BCUT2D eigenvalue weighted by Gasteiger charge is 2.24. The zero-order chi connectivity index (χ0) is 25.7. The Kier molecular flexibility index (Phi) is 3.17. The van der Waals surface area contributed by atoms with Gasteiger partial charge in [0.25, 0.3) is 0 Å². The largest absolute Gasteiger partial charge is 0.308 e. The van der Waals surface area contributed by atoms with Gasteiger partial charge >= 0.3 is 0 Å². The summed E-state index contributed by atoms with van der Waals surface area (Å²) in [5.74, 6) is 0. The number of fused-ring (bicyclic) bond motifs is 16. The highest BCUT2D eigenvalue weighted by molar-refractivity contribution is 6.35. The summed E-state index contributed by atoms with van der Waals surface area (Å²) in [6, 6.07) is 45.3. The number of hydrogen-bond donors (Lipinski definition) is 0. The van der Waals surface area contributed by atoms with E-state index in [-0.39, 0.29) is 0 Å². The Hall–Kier alpha value is -5.34. The fraction of sp³-hybridized carbons (Fsp3) is 0. The number of rotatable bonds is 0. The minimum Gasteiger partial charge on any atom is -0.308 e. The van der Waals surface area contributed by atoms with Crippen molar-refractivity contribution in [1.29, 1.82) is 0 Å². The normalized spacial score (nSPS) is 13.0. The van der Waals surface area contributed by atoms with Crippen LogP contribution in [0.1, 0.15) is 0 Å². The van der Waals surface area contributed by atoms with Crippen LogP contribution in [0.5, 0.6) is 0 Å². The molecule has 0 N–H and O–H groups in total. The predicted octanol–water partition coefficient (Wildman–Crippen LogP) is 10.3. The highest BCUT2D eigenvalue weighted by Crippen LogP contribution is 2.47. The summed E-state index contributed by atoms with van der Waals surface area (Å²) in [6.07, 6.45) is 0. The first-order chi connectivity index (χ1) is 19.9. The van der Waals surface area contributed by atoms with Crippen molar-refractivity contribution in [2.45, 2.75) is 0 Å². The molecule has 4 heterocycles. The fourth-order valence-corrected chi connectivity index (χ4v) is 7.96. The maximum atomic E-state index is 2.57. The van der Waals surface area contributed by atoms with Crippen LogP contribution in [0.2, 0.25) is 0 Å². The Bertz CT molecular complexity index is 2860. The van der Waals surface area contributed by atoms with Crippen molar-refractivity contribution in [3.05, 3.63) is 121 Å². The van der Waals surface area contributed by atoms with E-state index in [1.54, 1.807) is 0 Å². The van der Waals surface area contributed by atoms with Gasteiger partial charge in [0.2, 0.25) is 0 Å². The first-order valence-corrected chi connectivity index (χ1v) is 14.0. The van der Waals surface area contributed by atoms with E-state index < -0.39 is 0 Å². The quantitative estimate of drug-likeness (QED) is 0.194. The molecule has 0 bridgehead atoms. The van der Waals surface area contributed by atoms with Gasteiger partial charge in [-0.25, -0.2) is 0 Å². The second-order valence-electron chi connectivity index (χ2n) is 11.3. The van der Waals surface area contributed by atoms with Gasteiger partial charge in [-0.2, -0.15) is 0 Å². The highest BCUT2D eigenvalue weighted by atomic mass is 14.9. The van der Waals surface area contributed by atoms with E-state index >= 15 is 0 Å². The molecule has 7 aromatic carbocycles. The zero-order valence-corrected chi connectivity index (χ0v) is 21.4. The topological polar surface area (TPSA) is 8.82 Å². The second-order valence-corrected chi connectivity index (χ2v) is 11.3. The van der Waals surface area contributed by atoms with Gasteiger partial charge in [0.05, 0.1) is 33.1 Å². The number of hydrogen-bond acceptors (Lipinski definition) is 0. The molecule has 0 aliphatic rings. The van der Waals surface area contributed by atoms with Crippen LogP contribution in [0.15, 0.2) is 121 Å². The van der Waals surface area contributed by atoms with Gasteiger partial charge < -0.3 is 8.80 Å². The summed E-state index contributed by atoms with van der Waals surface area (Å²) in [4.78, 5) is 0. The van der Waals surface area contributed by atoms with Crippen LogP contribution in [-0.4, -0.2) is 8.80 Å². The number of para-hydroxylation sites is 2. The van der Waals surface area contributed by atoms with E-state index in [0.29, 0.717) is 0 Å². The van der Waals surface area contributed by atoms with E-state index in [4.69, 9.17) is 0 Å². The summed E-state index contributed by atoms with van der Waals surface area (Å²) in [5.41, 5.74) is 7.80. The molecule has 2 nitrogen and oxygen atoms in total. The van der Waals surface area contributed by atoms with Gasteiger partial charge in [0, 0.05) is 48.5 Å². The van der Waals surface area contributed by atoms with Gasteiger partial charge in [-0.1, -0.05) is 97.1 Å². The van der Waals surface area contributed by atoms with E-state index in [0.717, 1.165) is 0 Å². The van der Waals surface area contributed by atoms with E-state index in [9.17, 15) is 0 Å². The monoisotopic (exact) mass is 504 g/mol. The first-order valence-electron chi connectivity index (χ1n) is 14.0. The molecule has 40 heavy (non-hydrogen) atoms. The lowest BCUT2D eigenvalue weighted by Gasteiger charge is -2.05. The first kappa shape index (κ1) is 19.7. The molecule has 0 saturated carbocycles. The average Bonchev–Trinajstić information content (AvgIpc) is 3.72. The van der Waals surface area contributed by atoms with Crippen molar-refractivity contribution in [3.63, 3.8) is 0 Å². The summed E-state index contributed by atoms with van der Waals surface area (Å²) < 4.78 is 5.06. The van der Waals surface area contributed by atoms with Crippen LogP contribution >= 0.6 is 0 Å². The molecular formula is C38H20N2. The maximum Gasteiger partial charge on any atom is 0.0627 e. The summed E-state index contributed by atoms with van der Waals surface area (Å²) in [7, 11) is 0. The Balaban J connectivity index is 1.51. The molecule has 0 aliphatic heterocycles. The lowest BCUT2D eigenvalue weighted by molar-refractivity contribution is 1.35. The molecule has 0 saturated heterocycles. The molecule has 0 aliphatic carbocycles. The number of aromatic nitrogens is 2. The fourth-order valence-electron chi connectivity index (χ4n) is 7.96. The second kappa shape index (κ2) is 6.44.